The summed E-state index contributed by atoms with van der Waals surface area (Å²) in [5, 5.41) is 27.6. The van der Waals surface area contributed by atoms with Crippen molar-refractivity contribution >= 4 is 15.7 Å². The molecule has 0 spiro atoms. The molecule has 1 aromatic heterocycles. The molecule has 3 aromatic rings. The van der Waals surface area contributed by atoms with Gasteiger partial charge in [-0.05, 0) is 36.2 Å². The molecule has 0 aliphatic carbocycles. The van der Waals surface area contributed by atoms with Crippen LogP contribution in [0.4, 0.5) is 0 Å². The Balaban J connectivity index is 1.71. The monoisotopic (exact) mass is 455 g/mol. The first-order valence-corrected chi connectivity index (χ1v) is 11.9. The Bertz CT molecular complexity index is 1330. The smallest absolute Gasteiger partial charge is 0.273 e. The van der Waals surface area contributed by atoms with E-state index in [9.17, 15) is 23.4 Å². The molecule has 2 aliphatic heterocycles. The highest BCUT2D eigenvalue weighted by molar-refractivity contribution is 7.91. The summed E-state index contributed by atoms with van der Waals surface area (Å²) in [5.41, 5.74) is 2.30. The largest absolute Gasteiger partial charge is 0.507 e. The molecule has 10 heteroatoms. The molecule has 32 heavy (non-hydrogen) atoms. The number of amides is 1. The number of phenols is 2. The van der Waals surface area contributed by atoms with Crippen LogP contribution in [-0.2, 0) is 9.84 Å². The fourth-order valence-corrected chi connectivity index (χ4v) is 6.32. The average molecular weight is 455 g/mol. The second kappa shape index (κ2) is 7.27. The summed E-state index contributed by atoms with van der Waals surface area (Å²) in [6, 6.07) is 10.3. The molecular formula is C22H21N3O6S. The summed E-state index contributed by atoms with van der Waals surface area (Å²) in [5.74, 6) is -0.259. The van der Waals surface area contributed by atoms with Gasteiger partial charge in [0.2, 0.25) is 0 Å². The second-order valence-corrected chi connectivity index (χ2v) is 10.2. The van der Waals surface area contributed by atoms with E-state index in [0.29, 0.717) is 28.8 Å². The van der Waals surface area contributed by atoms with Crippen molar-refractivity contribution in [3.63, 3.8) is 0 Å². The van der Waals surface area contributed by atoms with Gasteiger partial charge in [0.25, 0.3) is 5.91 Å². The summed E-state index contributed by atoms with van der Waals surface area (Å²) >= 11 is 0. The number of aromatic hydroxyl groups is 2. The fourth-order valence-electron chi connectivity index (χ4n) is 4.61. The van der Waals surface area contributed by atoms with Crippen molar-refractivity contribution in [2.45, 2.75) is 18.5 Å². The van der Waals surface area contributed by atoms with Crippen LogP contribution >= 0.6 is 0 Å². The number of hydrogen-bond donors (Lipinski definition) is 3. The third-order valence-corrected chi connectivity index (χ3v) is 7.83. The lowest BCUT2D eigenvalue weighted by Gasteiger charge is -2.31. The topological polar surface area (TPSA) is 133 Å². The Morgan fingerprint density at radius 3 is 2.62 bits per heavy atom. The molecule has 1 saturated heterocycles. The quantitative estimate of drug-likeness (QED) is 0.549. The second-order valence-electron chi connectivity index (χ2n) is 7.98. The molecular weight excluding hydrogens is 434 g/mol. The van der Waals surface area contributed by atoms with E-state index in [0.717, 1.165) is 0 Å². The van der Waals surface area contributed by atoms with Crippen LogP contribution in [0.25, 0.3) is 11.3 Å². The lowest BCUT2D eigenvalue weighted by molar-refractivity contribution is 0.0677. The number of rotatable bonds is 4. The fraction of sp³-hybridized carbons (Fsp3) is 0.273. The van der Waals surface area contributed by atoms with Crippen molar-refractivity contribution in [3.05, 3.63) is 59.3 Å². The van der Waals surface area contributed by atoms with Gasteiger partial charge in [0, 0.05) is 17.2 Å². The van der Waals surface area contributed by atoms with Gasteiger partial charge in [0.05, 0.1) is 24.7 Å². The van der Waals surface area contributed by atoms with Gasteiger partial charge < -0.3 is 19.8 Å². The van der Waals surface area contributed by atoms with Crippen molar-refractivity contribution in [2.24, 2.45) is 0 Å². The van der Waals surface area contributed by atoms with E-state index in [1.54, 1.807) is 35.2 Å². The first-order chi connectivity index (χ1) is 15.3. The molecule has 1 fully saturated rings. The van der Waals surface area contributed by atoms with Gasteiger partial charge in [0.15, 0.2) is 21.3 Å². The molecule has 0 radical (unpaired) electrons. The summed E-state index contributed by atoms with van der Waals surface area (Å²) in [7, 11) is -1.82. The molecule has 166 valence electrons. The number of aromatic amines is 1. The molecule has 5 rings (SSSR count). The van der Waals surface area contributed by atoms with Crippen LogP contribution in [0.3, 0.4) is 0 Å². The molecule has 9 nitrogen and oxygen atoms in total. The Hall–Kier alpha value is -3.53. The van der Waals surface area contributed by atoms with Crippen LogP contribution in [0.15, 0.2) is 42.5 Å². The standard InChI is InChI=1S/C22H21N3O6S/c1-31-17-10-12(6-7-16(17)27)21-18-19(14-4-2-3-5-15(14)26)23-24-20(18)22(28)25(21)13-8-9-32(29,30)11-13/h2-7,10,13,21,26-27H,8-9,11H2,1H3,(H,23,24). The number of phenolic OH excluding ortho intramolecular Hbond substituents is 2. The highest BCUT2D eigenvalue weighted by Crippen LogP contribution is 2.47. The summed E-state index contributed by atoms with van der Waals surface area (Å²) in [6.07, 6.45) is 0.337. The minimum atomic E-state index is -3.25. The van der Waals surface area contributed by atoms with E-state index in [1.807, 2.05) is 0 Å². The number of para-hydroxylation sites is 1. The number of sulfone groups is 1. The molecule has 0 saturated carbocycles. The lowest BCUT2D eigenvalue weighted by atomic mass is 9.94. The first-order valence-electron chi connectivity index (χ1n) is 10.1. The number of carbonyl (C=O) groups is 1. The van der Waals surface area contributed by atoms with Crippen molar-refractivity contribution in [2.75, 3.05) is 18.6 Å². The maximum Gasteiger partial charge on any atom is 0.273 e. The van der Waals surface area contributed by atoms with E-state index in [2.05, 4.69) is 10.2 Å². The van der Waals surface area contributed by atoms with Crippen LogP contribution in [0.2, 0.25) is 0 Å². The third-order valence-electron chi connectivity index (χ3n) is 6.08. The number of fused-ring (bicyclic) bond motifs is 1. The van der Waals surface area contributed by atoms with Gasteiger partial charge in [-0.3, -0.25) is 9.89 Å². The Morgan fingerprint density at radius 2 is 1.94 bits per heavy atom. The molecule has 2 aliphatic rings. The molecule has 0 bridgehead atoms. The summed E-state index contributed by atoms with van der Waals surface area (Å²) in [6.45, 7) is 0. The van der Waals surface area contributed by atoms with Crippen molar-refractivity contribution in [1.82, 2.24) is 15.1 Å². The maximum atomic E-state index is 13.4. The molecule has 1 amide bonds. The SMILES string of the molecule is COc1cc(C2c3c(-c4ccccc4O)n[nH]c3C(=O)N2C2CCS(=O)(=O)C2)ccc1O. The highest BCUT2D eigenvalue weighted by atomic mass is 32.2. The van der Waals surface area contributed by atoms with E-state index in [-0.39, 0.29) is 40.4 Å². The Labute approximate surface area is 184 Å². The Morgan fingerprint density at radius 1 is 1.16 bits per heavy atom. The molecule has 2 aromatic carbocycles. The zero-order valence-corrected chi connectivity index (χ0v) is 18.0. The van der Waals surface area contributed by atoms with Gasteiger partial charge in [-0.25, -0.2) is 8.42 Å². The van der Waals surface area contributed by atoms with Crippen molar-refractivity contribution < 1.29 is 28.2 Å². The van der Waals surface area contributed by atoms with Crippen molar-refractivity contribution in [3.8, 4) is 28.5 Å². The molecule has 2 unspecified atom stereocenters. The average Bonchev–Trinajstić information content (AvgIpc) is 3.42. The predicted octanol–water partition coefficient (Wildman–Crippen LogP) is 2.23. The van der Waals surface area contributed by atoms with Gasteiger partial charge in [-0.15, -0.1) is 0 Å². The van der Waals surface area contributed by atoms with E-state index in [1.165, 1.54) is 19.2 Å². The van der Waals surface area contributed by atoms with E-state index < -0.39 is 21.9 Å². The summed E-state index contributed by atoms with van der Waals surface area (Å²) in [4.78, 5) is 15.0. The van der Waals surface area contributed by atoms with Crippen LogP contribution in [0.5, 0.6) is 17.2 Å². The summed E-state index contributed by atoms with van der Waals surface area (Å²) < 4.78 is 29.6. The third kappa shape index (κ3) is 3.10. The van der Waals surface area contributed by atoms with Crippen LogP contribution in [0.1, 0.15) is 34.1 Å². The number of aromatic nitrogens is 2. The number of nitrogens with zero attached hydrogens (tertiary/aromatic N) is 2. The zero-order valence-electron chi connectivity index (χ0n) is 17.1. The molecule has 2 atom stereocenters. The number of ether oxygens (including phenoxy) is 1. The number of carbonyl (C=O) groups excluding carboxylic acids is 1. The minimum Gasteiger partial charge on any atom is -0.507 e. The predicted molar refractivity (Wildman–Crippen MR) is 115 cm³/mol. The normalized spacial score (nSPS) is 21.7. The minimum absolute atomic E-state index is 0.0122. The van der Waals surface area contributed by atoms with Crippen molar-refractivity contribution in [1.29, 1.82) is 0 Å². The number of H-pyrrole nitrogens is 1. The first kappa shape index (κ1) is 20.4. The number of hydrogen-bond acceptors (Lipinski definition) is 7. The zero-order chi connectivity index (χ0) is 22.6. The van der Waals surface area contributed by atoms with Crippen LogP contribution in [-0.4, -0.2) is 64.3 Å². The maximum absolute atomic E-state index is 13.4. The van der Waals surface area contributed by atoms with Gasteiger partial charge >= 0.3 is 0 Å². The number of benzene rings is 2. The van der Waals surface area contributed by atoms with Gasteiger partial charge in [-0.1, -0.05) is 18.2 Å². The lowest BCUT2D eigenvalue weighted by Crippen LogP contribution is -2.40. The molecule has 3 heterocycles. The Kier molecular flexibility index (Phi) is 4.63. The van der Waals surface area contributed by atoms with E-state index in [4.69, 9.17) is 4.74 Å². The van der Waals surface area contributed by atoms with E-state index >= 15 is 0 Å². The number of nitrogens with one attached hydrogen (secondary N) is 1. The van der Waals surface area contributed by atoms with Gasteiger partial charge in [0.1, 0.15) is 17.1 Å². The number of methoxy groups -OCH3 is 1. The molecule has 3 N–H and O–H groups in total. The van der Waals surface area contributed by atoms with Gasteiger partial charge in [-0.2, -0.15) is 5.10 Å². The van der Waals surface area contributed by atoms with Crippen LogP contribution < -0.4 is 4.74 Å². The van der Waals surface area contributed by atoms with Crippen LogP contribution in [0, 0.1) is 0 Å². The highest BCUT2D eigenvalue weighted by Gasteiger charge is 2.48.